The van der Waals surface area contributed by atoms with Crippen molar-refractivity contribution in [2.45, 2.75) is 25.4 Å². The lowest BCUT2D eigenvalue weighted by molar-refractivity contribution is -0.126. The molecule has 4 amide bonds. The highest BCUT2D eigenvalue weighted by Crippen LogP contribution is 2.33. The molecular weight excluding hydrogens is 512 g/mol. The van der Waals surface area contributed by atoms with Gasteiger partial charge in [-0.3, -0.25) is 28.9 Å². The molecule has 4 rings (SSSR count). The van der Waals surface area contributed by atoms with E-state index < -0.39 is 42.3 Å². The molecule has 1 heterocycles. The van der Waals surface area contributed by atoms with Crippen molar-refractivity contribution in [1.82, 2.24) is 10.6 Å². The standard InChI is InChI=1S/C30H28N4O6/c1-20(36)16-23(19-35)31-27(37)18-34-26-15-9-8-14-25(26)33(29(39)22-12-6-3-7-13-22)17-24(30(34)40)32-28(38)21-10-4-2-5-11-21/h2-15,19,23-24H,16-18H2,1H3,(H,31,37)(H,32,38)/t23-,24-/m0/s1. The quantitative estimate of drug-likeness (QED) is 0.400. The van der Waals surface area contributed by atoms with Gasteiger partial charge in [0.05, 0.1) is 24.0 Å². The summed E-state index contributed by atoms with van der Waals surface area (Å²) in [6.07, 6.45) is 0.273. The molecule has 0 bridgehead atoms. The number of ketones is 1. The number of Topliss-reactive ketones (excluding diaryl/α,β-unsaturated/α-hetero) is 1. The van der Waals surface area contributed by atoms with Crippen LogP contribution >= 0.6 is 0 Å². The molecule has 10 heteroatoms. The van der Waals surface area contributed by atoms with Crippen molar-refractivity contribution in [3.05, 3.63) is 96.1 Å². The van der Waals surface area contributed by atoms with Crippen molar-refractivity contribution in [3.8, 4) is 0 Å². The van der Waals surface area contributed by atoms with Gasteiger partial charge in [0.1, 0.15) is 24.7 Å². The molecule has 10 nitrogen and oxygen atoms in total. The van der Waals surface area contributed by atoms with Crippen LogP contribution in [-0.2, 0) is 19.2 Å². The van der Waals surface area contributed by atoms with Crippen LogP contribution in [0.4, 0.5) is 11.4 Å². The maximum absolute atomic E-state index is 13.9. The minimum absolute atomic E-state index is 0.186. The molecule has 1 aliphatic rings. The normalized spacial score (nSPS) is 15.3. The van der Waals surface area contributed by atoms with Crippen LogP contribution in [0.25, 0.3) is 0 Å². The van der Waals surface area contributed by atoms with E-state index >= 15 is 0 Å². The Balaban J connectivity index is 1.72. The lowest BCUT2D eigenvalue weighted by Gasteiger charge is -2.25. The Kier molecular flexibility index (Phi) is 8.80. The summed E-state index contributed by atoms with van der Waals surface area (Å²) in [4.78, 5) is 79.1. The predicted octanol–water partition coefficient (Wildman–Crippen LogP) is 2.14. The Morgan fingerprint density at radius 2 is 1.45 bits per heavy atom. The number of nitrogens with one attached hydrogen (secondary N) is 2. The lowest BCUT2D eigenvalue weighted by Crippen LogP contribution is -2.54. The average Bonchev–Trinajstić information content (AvgIpc) is 3.07. The zero-order chi connectivity index (χ0) is 28.6. The minimum Gasteiger partial charge on any atom is -0.345 e. The van der Waals surface area contributed by atoms with Gasteiger partial charge in [0.25, 0.3) is 17.7 Å². The van der Waals surface area contributed by atoms with Crippen LogP contribution in [0.2, 0.25) is 0 Å². The SMILES string of the molecule is CC(=O)C[C@@H](C=O)NC(=O)CN1C(=O)[C@@H](NC(=O)c2ccccc2)CN(C(=O)c2ccccc2)c2ccccc21. The highest BCUT2D eigenvalue weighted by Gasteiger charge is 2.38. The number of aldehydes is 1. The summed E-state index contributed by atoms with van der Waals surface area (Å²) in [5, 5.41) is 5.19. The van der Waals surface area contributed by atoms with E-state index in [0.29, 0.717) is 23.1 Å². The number of amides is 4. The molecule has 0 aromatic heterocycles. The molecule has 3 aromatic carbocycles. The van der Waals surface area contributed by atoms with Gasteiger partial charge in [-0.2, -0.15) is 0 Å². The summed E-state index contributed by atoms with van der Waals surface area (Å²) >= 11 is 0. The van der Waals surface area contributed by atoms with Crippen molar-refractivity contribution in [1.29, 1.82) is 0 Å². The Morgan fingerprint density at radius 1 is 0.875 bits per heavy atom. The number of para-hydroxylation sites is 2. The first-order valence-electron chi connectivity index (χ1n) is 12.7. The van der Waals surface area contributed by atoms with Gasteiger partial charge in [0.2, 0.25) is 5.91 Å². The molecule has 0 unspecified atom stereocenters. The van der Waals surface area contributed by atoms with Gasteiger partial charge in [-0.05, 0) is 43.3 Å². The number of fused-ring (bicyclic) bond motifs is 1. The molecule has 1 aliphatic heterocycles. The van der Waals surface area contributed by atoms with Gasteiger partial charge >= 0.3 is 0 Å². The monoisotopic (exact) mass is 540 g/mol. The van der Waals surface area contributed by atoms with Crippen molar-refractivity contribution < 1.29 is 28.8 Å². The number of rotatable bonds is 9. The smallest absolute Gasteiger partial charge is 0.258 e. The van der Waals surface area contributed by atoms with E-state index in [2.05, 4.69) is 10.6 Å². The van der Waals surface area contributed by atoms with Crippen LogP contribution in [0, 0.1) is 0 Å². The topological polar surface area (TPSA) is 133 Å². The van der Waals surface area contributed by atoms with Gasteiger partial charge in [-0.1, -0.05) is 48.5 Å². The van der Waals surface area contributed by atoms with E-state index in [9.17, 15) is 28.8 Å². The lowest BCUT2D eigenvalue weighted by atomic mass is 10.1. The molecule has 2 N–H and O–H groups in total. The third-order valence-corrected chi connectivity index (χ3v) is 6.32. The summed E-state index contributed by atoms with van der Waals surface area (Å²) in [5.74, 6) is -2.51. The number of hydrogen-bond acceptors (Lipinski definition) is 6. The fourth-order valence-electron chi connectivity index (χ4n) is 4.46. The van der Waals surface area contributed by atoms with Gasteiger partial charge in [0, 0.05) is 17.5 Å². The van der Waals surface area contributed by atoms with Crippen LogP contribution in [0.3, 0.4) is 0 Å². The number of nitrogens with zero attached hydrogens (tertiary/aromatic N) is 2. The van der Waals surface area contributed by atoms with Crippen molar-refractivity contribution in [3.63, 3.8) is 0 Å². The number of carbonyl (C=O) groups is 6. The molecule has 204 valence electrons. The van der Waals surface area contributed by atoms with Gasteiger partial charge in [0.15, 0.2) is 0 Å². The summed E-state index contributed by atoms with van der Waals surface area (Å²) in [5.41, 5.74) is 1.34. The second kappa shape index (κ2) is 12.6. The molecule has 2 atom stereocenters. The molecule has 0 spiro atoms. The average molecular weight is 541 g/mol. The maximum Gasteiger partial charge on any atom is 0.258 e. The van der Waals surface area contributed by atoms with E-state index in [1.807, 2.05) is 0 Å². The molecule has 0 radical (unpaired) electrons. The zero-order valence-electron chi connectivity index (χ0n) is 21.8. The maximum atomic E-state index is 13.9. The Morgan fingerprint density at radius 3 is 2.05 bits per heavy atom. The van der Waals surface area contributed by atoms with Crippen LogP contribution < -0.4 is 20.4 Å². The van der Waals surface area contributed by atoms with Crippen molar-refractivity contribution in [2.24, 2.45) is 0 Å². The first kappa shape index (κ1) is 27.9. The molecule has 0 aliphatic carbocycles. The van der Waals surface area contributed by atoms with Crippen LogP contribution in [0.5, 0.6) is 0 Å². The first-order chi connectivity index (χ1) is 19.3. The van der Waals surface area contributed by atoms with E-state index in [-0.39, 0.29) is 24.4 Å². The zero-order valence-corrected chi connectivity index (χ0v) is 21.8. The number of benzene rings is 3. The number of anilines is 2. The molecule has 0 saturated carbocycles. The van der Waals surface area contributed by atoms with Gasteiger partial charge < -0.3 is 20.3 Å². The van der Waals surface area contributed by atoms with Crippen LogP contribution in [0.1, 0.15) is 34.1 Å². The summed E-state index contributed by atoms with van der Waals surface area (Å²) < 4.78 is 0. The number of hydrogen-bond donors (Lipinski definition) is 2. The highest BCUT2D eigenvalue weighted by atomic mass is 16.2. The predicted molar refractivity (Wildman–Crippen MR) is 148 cm³/mol. The second-order valence-electron chi connectivity index (χ2n) is 9.30. The minimum atomic E-state index is -1.21. The summed E-state index contributed by atoms with van der Waals surface area (Å²) in [6.45, 7) is 0.598. The summed E-state index contributed by atoms with van der Waals surface area (Å²) in [6, 6.07) is 21.2. The first-order valence-corrected chi connectivity index (χ1v) is 12.7. The highest BCUT2D eigenvalue weighted by molar-refractivity contribution is 6.14. The van der Waals surface area contributed by atoms with Crippen molar-refractivity contribution >= 4 is 47.1 Å². The number of carbonyl (C=O) groups excluding carboxylic acids is 6. The second-order valence-corrected chi connectivity index (χ2v) is 9.30. The van der Waals surface area contributed by atoms with Crippen LogP contribution in [0.15, 0.2) is 84.9 Å². The Labute approximate surface area is 231 Å². The molecule has 40 heavy (non-hydrogen) atoms. The fourth-order valence-corrected chi connectivity index (χ4v) is 4.46. The third kappa shape index (κ3) is 6.47. The molecule has 0 fully saturated rings. The molecular formula is C30H28N4O6. The van der Waals surface area contributed by atoms with E-state index in [1.54, 1.807) is 84.9 Å². The Hall–Kier alpha value is -5.12. The van der Waals surface area contributed by atoms with E-state index in [1.165, 1.54) is 16.7 Å². The third-order valence-electron chi connectivity index (χ3n) is 6.32. The Bertz CT molecular complexity index is 1430. The van der Waals surface area contributed by atoms with E-state index in [0.717, 1.165) is 0 Å². The fraction of sp³-hybridized carbons (Fsp3) is 0.200. The van der Waals surface area contributed by atoms with Crippen molar-refractivity contribution in [2.75, 3.05) is 22.9 Å². The van der Waals surface area contributed by atoms with E-state index in [4.69, 9.17) is 0 Å². The van der Waals surface area contributed by atoms with Crippen LogP contribution in [-0.4, -0.2) is 60.9 Å². The largest absolute Gasteiger partial charge is 0.345 e. The molecule has 3 aromatic rings. The summed E-state index contributed by atoms with van der Waals surface area (Å²) in [7, 11) is 0. The van der Waals surface area contributed by atoms with Gasteiger partial charge in [-0.25, -0.2) is 0 Å². The van der Waals surface area contributed by atoms with Gasteiger partial charge in [-0.15, -0.1) is 0 Å². The molecule has 0 saturated heterocycles.